The molecule has 0 radical (unpaired) electrons. The fourth-order valence-corrected chi connectivity index (χ4v) is 1.34. The Labute approximate surface area is 102 Å². The van der Waals surface area contributed by atoms with Crippen LogP contribution in [0.25, 0.3) is 0 Å². The first kappa shape index (κ1) is 12.9. The highest BCUT2D eigenvalue weighted by molar-refractivity contribution is 7.80. The van der Waals surface area contributed by atoms with Gasteiger partial charge in [0.15, 0.2) is 0 Å². The summed E-state index contributed by atoms with van der Waals surface area (Å²) in [5.74, 6) is 0.932. The summed E-state index contributed by atoms with van der Waals surface area (Å²) in [7, 11) is 6.13. The van der Waals surface area contributed by atoms with Gasteiger partial charge in [-0.15, -0.1) is 0 Å². The molecule has 2 N–H and O–H groups in total. The molecule has 0 unspecified atom stereocenters. The molecule has 1 rings (SSSR count). The lowest BCUT2D eigenvalue weighted by atomic mass is 10.3. The van der Waals surface area contributed by atoms with Crippen LogP contribution < -0.4 is 10.6 Å². The molecule has 0 saturated heterocycles. The van der Waals surface area contributed by atoms with Crippen LogP contribution in [-0.4, -0.2) is 49.1 Å². The van der Waals surface area contributed by atoms with Gasteiger partial charge < -0.3 is 15.5 Å². The molecule has 1 aromatic heterocycles. The van der Waals surface area contributed by atoms with Gasteiger partial charge in [-0.05, 0) is 26.2 Å². The van der Waals surface area contributed by atoms with Crippen molar-refractivity contribution in [2.75, 3.05) is 39.1 Å². The van der Waals surface area contributed by atoms with E-state index in [0.717, 1.165) is 24.5 Å². The van der Waals surface area contributed by atoms with Gasteiger partial charge in [0, 0.05) is 31.9 Å². The van der Waals surface area contributed by atoms with Gasteiger partial charge in [-0.25, -0.2) is 4.98 Å². The summed E-state index contributed by atoms with van der Waals surface area (Å²) in [4.78, 5) is 8.94. The quantitative estimate of drug-likeness (QED) is 0.766. The van der Waals surface area contributed by atoms with Crippen molar-refractivity contribution >= 4 is 23.0 Å². The number of nitrogens with two attached hydrogens (primary N) is 1. The highest BCUT2D eigenvalue weighted by Crippen LogP contribution is 2.09. The molecule has 4 nitrogen and oxygen atoms in total. The summed E-state index contributed by atoms with van der Waals surface area (Å²) in [5.41, 5.74) is 6.31. The van der Waals surface area contributed by atoms with Crippen molar-refractivity contribution in [3.8, 4) is 0 Å². The summed E-state index contributed by atoms with van der Waals surface area (Å²) in [6, 6.07) is 3.83. The Hall–Kier alpha value is -1.20. The van der Waals surface area contributed by atoms with Gasteiger partial charge >= 0.3 is 0 Å². The number of thiocarbonyl (C=S) groups is 1. The van der Waals surface area contributed by atoms with Crippen molar-refractivity contribution in [2.45, 2.75) is 0 Å². The largest absolute Gasteiger partial charge is 0.389 e. The van der Waals surface area contributed by atoms with Crippen LogP contribution in [0.5, 0.6) is 0 Å². The Morgan fingerprint density at radius 3 is 2.44 bits per heavy atom. The van der Waals surface area contributed by atoms with Gasteiger partial charge in [-0.1, -0.05) is 12.2 Å². The van der Waals surface area contributed by atoms with Crippen LogP contribution in [0.3, 0.4) is 0 Å². The number of nitrogens with zero attached hydrogens (tertiary/aromatic N) is 3. The lowest BCUT2D eigenvalue weighted by molar-refractivity contribution is 0.416. The molecule has 0 aliphatic heterocycles. The van der Waals surface area contributed by atoms with Crippen LogP contribution in [-0.2, 0) is 0 Å². The predicted octanol–water partition coefficient (Wildman–Crippen LogP) is 0.714. The zero-order valence-electron chi connectivity index (χ0n) is 9.97. The fraction of sp³-hybridized carbons (Fsp3) is 0.455. The van der Waals surface area contributed by atoms with Gasteiger partial charge in [0.2, 0.25) is 0 Å². The molecule has 5 heteroatoms. The van der Waals surface area contributed by atoms with Crippen molar-refractivity contribution in [1.29, 1.82) is 0 Å². The number of hydrogen-bond acceptors (Lipinski definition) is 4. The topological polar surface area (TPSA) is 45.4 Å². The zero-order chi connectivity index (χ0) is 12.1. The van der Waals surface area contributed by atoms with Crippen molar-refractivity contribution < 1.29 is 0 Å². The van der Waals surface area contributed by atoms with E-state index < -0.39 is 0 Å². The van der Waals surface area contributed by atoms with Gasteiger partial charge in [-0.3, -0.25) is 0 Å². The maximum Gasteiger partial charge on any atom is 0.128 e. The van der Waals surface area contributed by atoms with E-state index in [0.29, 0.717) is 4.99 Å². The van der Waals surface area contributed by atoms with Crippen LogP contribution in [0.2, 0.25) is 0 Å². The molecule has 1 heterocycles. The van der Waals surface area contributed by atoms with Gasteiger partial charge in [0.25, 0.3) is 0 Å². The van der Waals surface area contributed by atoms with E-state index >= 15 is 0 Å². The molecular formula is C11H18N4S. The minimum Gasteiger partial charge on any atom is -0.389 e. The number of likely N-dealkylation sites (N-methyl/N-ethyl adjacent to an activating group) is 2. The van der Waals surface area contributed by atoms with Crippen molar-refractivity contribution in [1.82, 2.24) is 9.88 Å². The second-order valence-electron chi connectivity index (χ2n) is 3.99. The molecular weight excluding hydrogens is 220 g/mol. The smallest absolute Gasteiger partial charge is 0.128 e. The summed E-state index contributed by atoms with van der Waals surface area (Å²) in [6.45, 7) is 1.93. The lowest BCUT2D eigenvalue weighted by Gasteiger charge is -2.20. The van der Waals surface area contributed by atoms with E-state index in [1.807, 2.05) is 19.2 Å². The second-order valence-corrected chi connectivity index (χ2v) is 4.43. The highest BCUT2D eigenvalue weighted by Gasteiger charge is 2.03. The number of anilines is 1. The number of pyridine rings is 1. The Bertz CT molecular complexity index is 348. The van der Waals surface area contributed by atoms with E-state index in [1.165, 1.54) is 0 Å². The summed E-state index contributed by atoms with van der Waals surface area (Å²) >= 11 is 4.87. The maximum absolute atomic E-state index is 5.51. The first-order chi connectivity index (χ1) is 7.50. The number of rotatable bonds is 5. The summed E-state index contributed by atoms with van der Waals surface area (Å²) in [6.07, 6.45) is 1.71. The van der Waals surface area contributed by atoms with E-state index in [4.69, 9.17) is 18.0 Å². The fourth-order valence-electron chi connectivity index (χ4n) is 1.22. The first-order valence-electron chi connectivity index (χ1n) is 5.12. The molecule has 0 aliphatic carbocycles. The van der Waals surface area contributed by atoms with Crippen LogP contribution >= 0.6 is 12.2 Å². The van der Waals surface area contributed by atoms with Crippen molar-refractivity contribution in [2.24, 2.45) is 5.73 Å². The van der Waals surface area contributed by atoms with Crippen molar-refractivity contribution in [3.05, 3.63) is 23.9 Å². The average Bonchev–Trinajstić information content (AvgIpc) is 2.26. The third kappa shape index (κ3) is 3.75. The normalized spacial score (nSPS) is 10.5. The van der Waals surface area contributed by atoms with Gasteiger partial charge in [-0.2, -0.15) is 0 Å². The molecule has 0 fully saturated rings. The van der Waals surface area contributed by atoms with Crippen LogP contribution in [0.1, 0.15) is 5.56 Å². The Morgan fingerprint density at radius 1 is 1.31 bits per heavy atom. The molecule has 16 heavy (non-hydrogen) atoms. The maximum atomic E-state index is 5.51. The Balaban J connectivity index is 2.63. The SMILES string of the molecule is CN(C)CCN(C)c1ccc(C(N)=S)cn1. The van der Waals surface area contributed by atoms with Crippen LogP contribution in [0.4, 0.5) is 5.82 Å². The van der Waals surface area contributed by atoms with Gasteiger partial charge in [0.05, 0.1) is 0 Å². The molecule has 0 bridgehead atoms. The molecule has 88 valence electrons. The standard InChI is InChI=1S/C11H18N4S/c1-14(2)6-7-15(3)10-5-4-9(8-13-10)11(12)16/h4-5,8H,6-7H2,1-3H3,(H2,12,16). The molecule has 0 atom stereocenters. The molecule has 0 aliphatic rings. The zero-order valence-corrected chi connectivity index (χ0v) is 10.8. The molecule has 0 saturated carbocycles. The van der Waals surface area contributed by atoms with E-state index in [2.05, 4.69) is 28.9 Å². The Kier molecular flexibility index (Phi) is 4.64. The lowest BCUT2D eigenvalue weighted by Crippen LogP contribution is -2.29. The van der Waals surface area contributed by atoms with Crippen LogP contribution in [0.15, 0.2) is 18.3 Å². The second kappa shape index (κ2) is 5.77. The first-order valence-corrected chi connectivity index (χ1v) is 5.53. The monoisotopic (exact) mass is 238 g/mol. The van der Waals surface area contributed by atoms with E-state index in [-0.39, 0.29) is 0 Å². The number of hydrogen-bond donors (Lipinski definition) is 1. The highest BCUT2D eigenvalue weighted by atomic mass is 32.1. The number of aromatic nitrogens is 1. The molecule has 0 spiro atoms. The summed E-state index contributed by atoms with van der Waals surface area (Å²) < 4.78 is 0. The Morgan fingerprint density at radius 2 is 2.00 bits per heavy atom. The van der Waals surface area contributed by atoms with Crippen LogP contribution in [0, 0.1) is 0 Å². The van der Waals surface area contributed by atoms with Gasteiger partial charge in [0.1, 0.15) is 10.8 Å². The van der Waals surface area contributed by atoms with Crippen molar-refractivity contribution in [3.63, 3.8) is 0 Å². The average molecular weight is 238 g/mol. The third-order valence-corrected chi connectivity index (χ3v) is 2.54. The minimum atomic E-state index is 0.384. The third-order valence-electron chi connectivity index (χ3n) is 2.31. The van der Waals surface area contributed by atoms with E-state index in [1.54, 1.807) is 6.20 Å². The van der Waals surface area contributed by atoms with E-state index in [9.17, 15) is 0 Å². The molecule has 1 aromatic rings. The predicted molar refractivity (Wildman–Crippen MR) is 71.9 cm³/mol. The minimum absolute atomic E-state index is 0.384. The molecule has 0 aromatic carbocycles. The summed E-state index contributed by atoms with van der Waals surface area (Å²) in [5, 5.41) is 0. The molecule has 0 amide bonds.